The van der Waals surface area contributed by atoms with Crippen LogP contribution in [0.3, 0.4) is 0 Å². The van der Waals surface area contributed by atoms with Crippen LogP contribution in [-0.2, 0) is 29.0 Å². The Balaban J connectivity index is 1.40. The second kappa shape index (κ2) is 10.5. The Morgan fingerprint density at radius 2 is 1.70 bits per heavy atom. The lowest BCUT2D eigenvalue weighted by Crippen LogP contribution is -2.34. The molecule has 3 aromatic carbocycles. The molecule has 1 amide bonds. The van der Waals surface area contributed by atoms with E-state index in [0.717, 1.165) is 52.8 Å². The molecule has 1 aliphatic rings. The van der Waals surface area contributed by atoms with Gasteiger partial charge in [0.2, 0.25) is 0 Å². The van der Waals surface area contributed by atoms with Crippen LogP contribution in [0.2, 0.25) is 0 Å². The number of carbonyl (C=O) groups is 2. The predicted molar refractivity (Wildman–Crippen MR) is 145 cm³/mol. The SMILES string of the molecule is Cc1cc(C)cc(NC(=O)C(C)OC(=O)c2c3c(nc4ccccc24)CCN(Cc2ccccc2)C3)c1. The van der Waals surface area contributed by atoms with Crippen molar-refractivity contribution in [2.75, 3.05) is 11.9 Å². The number of rotatable bonds is 6. The molecule has 0 spiro atoms. The van der Waals surface area contributed by atoms with E-state index >= 15 is 0 Å². The van der Waals surface area contributed by atoms with Gasteiger partial charge in [0.05, 0.1) is 11.1 Å². The van der Waals surface area contributed by atoms with Crippen LogP contribution in [0, 0.1) is 13.8 Å². The first-order valence-corrected chi connectivity index (χ1v) is 12.6. The maximum absolute atomic E-state index is 13.6. The van der Waals surface area contributed by atoms with Crippen LogP contribution in [0.5, 0.6) is 0 Å². The molecule has 0 saturated carbocycles. The lowest BCUT2D eigenvalue weighted by molar-refractivity contribution is -0.123. The highest BCUT2D eigenvalue weighted by atomic mass is 16.5. The summed E-state index contributed by atoms with van der Waals surface area (Å²) in [6, 6.07) is 23.8. The highest BCUT2D eigenvalue weighted by molar-refractivity contribution is 6.06. The van der Waals surface area contributed by atoms with E-state index in [1.807, 2.05) is 74.5 Å². The Bertz CT molecular complexity index is 1450. The number of fused-ring (bicyclic) bond motifs is 2. The van der Waals surface area contributed by atoms with E-state index in [1.54, 1.807) is 6.92 Å². The van der Waals surface area contributed by atoms with Crippen LogP contribution in [-0.4, -0.2) is 34.4 Å². The molecule has 1 N–H and O–H groups in total. The highest BCUT2D eigenvalue weighted by Crippen LogP contribution is 2.30. The standard InChI is InChI=1S/C31H31N3O3/c1-20-15-21(2)17-24(16-20)32-30(35)22(3)37-31(36)29-25-11-7-8-12-27(25)33-28-13-14-34(19-26(28)29)18-23-9-5-4-6-10-23/h4-12,15-17,22H,13-14,18-19H2,1-3H3,(H,32,35). The van der Waals surface area contributed by atoms with Crippen molar-refractivity contribution in [3.63, 3.8) is 0 Å². The fourth-order valence-corrected chi connectivity index (χ4v) is 5.02. The summed E-state index contributed by atoms with van der Waals surface area (Å²) in [5, 5.41) is 3.62. The Kier molecular flexibility index (Phi) is 7.01. The molecular weight excluding hydrogens is 462 g/mol. The molecule has 1 unspecified atom stereocenters. The Morgan fingerprint density at radius 1 is 1.00 bits per heavy atom. The van der Waals surface area contributed by atoms with E-state index in [0.29, 0.717) is 17.8 Å². The van der Waals surface area contributed by atoms with Crippen LogP contribution in [0.4, 0.5) is 5.69 Å². The van der Waals surface area contributed by atoms with Crippen molar-refractivity contribution in [1.82, 2.24) is 9.88 Å². The third-order valence-corrected chi connectivity index (χ3v) is 6.72. The van der Waals surface area contributed by atoms with Crippen LogP contribution < -0.4 is 5.32 Å². The first-order valence-electron chi connectivity index (χ1n) is 12.6. The highest BCUT2D eigenvalue weighted by Gasteiger charge is 2.28. The maximum Gasteiger partial charge on any atom is 0.339 e. The second-order valence-electron chi connectivity index (χ2n) is 9.79. The zero-order valence-electron chi connectivity index (χ0n) is 21.5. The van der Waals surface area contributed by atoms with Crippen molar-refractivity contribution in [2.45, 2.75) is 46.4 Å². The molecule has 2 heterocycles. The van der Waals surface area contributed by atoms with E-state index in [-0.39, 0.29) is 5.91 Å². The van der Waals surface area contributed by atoms with Crippen molar-refractivity contribution in [1.29, 1.82) is 0 Å². The number of benzene rings is 3. The number of amides is 1. The summed E-state index contributed by atoms with van der Waals surface area (Å²) in [6.07, 6.45) is -0.212. The second-order valence-corrected chi connectivity index (χ2v) is 9.79. The van der Waals surface area contributed by atoms with Gasteiger partial charge in [-0.25, -0.2) is 4.79 Å². The fourth-order valence-electron chi connectivity index (χ4n) is 5.02. The molecule has 0 bridgehead atoms. The van der Waals surface area contributed by atoms with Gasteiger partial charge in [-0.3, -0.25) is 14.7 Å². The molecule has 0 saturated heterocycles. The minimum Gasteiger partial charge on any atom is -0.449 e. The first-order chi connectivity index (χ1) is 17.9. The van der Waals surface area contributed by atoms with Crippen molar-refractivity contribution >= 4 is 28.5 Å². The number of aromatic nitrogens is 1. The first kappa shape index (κ1) is 24.7. The molecular formula is C31H31N3O3. The molecule has 6 heteroatoms. The number of aryl methyl sites for hydroxylation is 2. The van der Waals surface area contributed by atoms with Crippen LogP contribution in [0.1, 0.15) is 45.2 Å². The molecule has 1 aliphatic heterocycles. The molecule has 0 radical (unpaired) electrons. The molecule has 6 nitrogen and oxygen atoms in total. The summed E-state index contributed by atoms with van der Waals surface area (Å²) in [5.41, 5.74) is 7.08. The van der Waals surface area contributed by atoms with Gasteiger partial charge in [0, 0.05) is 48.4 Å². The third-order valence-electron chi connectivity index (χ3n) is 6.72. The number of hydrogen-bond acceptors (Lipinski definition) is 5. The molecule has 0 aliphatic carbocycles. The molecule has 37 heavy (non-hydrogen) atoms. The normalized spacial score (nSPS) is 14.1. The topological polar surface area (TPSA) is 71.5 Å². The lowest BCUT2D eigenvalue weighted by Gasteiger charge is -2.30. The number of nitrogens with one attached hydrogen (secondary N) is 1. The van der Waals surface area contributed by atoms with Gasteiger partial charge in [-0.15, -0.1) is 0 Å². The van der Waals surface area contributed by atoms with Gasteiger partial charge < -0.3 is 10.1 Å². The summed E-state index contributed by atoms with van der Waals surface area (Å²) >= 11 is 0. The summed E-state index contributed by atoms with van der Waals surface area (Å²) in [7, 11) is 0. The molecule has 188 valence electrons. The van der Waals surface area contributed by atoms with E-state index in [2.05, 4.69) is 22.3 Å². The largest absolute Gasteiger partial charge is 0.449 e. The number of hydrogen-bond donors (Lipinski definition) is 1. The Labute approximate surface area is 217 Å². The number of para-hydroxylation sites is 1. The van der Waals surface area contributed by atoms with Gasteiger partial charge in [-0.1, -0.05) is 54.6 Å². The maximum atomic E-state index is 13.6. The number of esters is 1. The van der Waals surface area contributed by atoms with Crippen LogP contribution in [0.15, 0.2) is 72.8 Å². The summed E-state index contributed by atoms with van der Waals surface area (Å²) < 4.78 is 5.76. The van der Waals surface area contributed by atoms with Crippen molar-refractivity contribution in [3.05, 3.63) is 106 Å². The van der Waals surface area contributed by atoms with Gasteiger partial charge in [0.15, 0.2) is 6.10 Å². The number of carbonyl (C=O) groups excluding carboxylic acids is 2. The summed E-state index contributed by atoms with van der Waals surface area (Å²) in [6.45, 7) is 7.80. The van der Waals surface area contributed by atoms with Gasteiger partial charge in [-0.05, 0) is 55.7 Å². The smallest absolute Gasteiger partial charge is 0.339 e. The molecule has 0 fully saturated rings. The number of pyridine rings is 1. The number of nitrogens with zero attached hydrogens (tertiary/aromatic N) is 2. The minimum absolute atomic E-state index is 0.365. The molecule has 5 rings (SSSR count). The van der Waals surface area contributed by atoms with E-state index in [9.17, 15) is 9.59 Å². The van der Waals surface area contributed by atoms with Crippen molar-refractivity contribution in [3.8, 4) is 0 Å². The third kappa shape index (κ3) is 5.54. The quantitative estimate of drug-likeness (QED) is 0.354. The molecule has 1 aromatic heterocycles. The Morgan fingerprint density at radius 3 is 2.46 bits per heavy atom. The average molecular weight is 494 g/mol. The molecule has 1 atom stereocenters. The van der Waals surface area contributed by atoms with E-state index in [4.69, 9.17) is 9.72 Å². The van der Waals surface area contributed by atoms with Gasteiger partial charge in [0.25, 0.3) is 5.91 Å². The fraction of sp³-hybridized carbons (Fsp3) is 0.258. The lowest BCUT2D eigenvalue weighted by atomic mass is 9.95. The Hall–Kier alpha value is -4.03. The van der Waals surface area contributed by atoms with Crippen LogP contribution in [0.25, 0.3) is 10.9 Å². The van der Waals surface area contributed by atoms with Crippen molar-refractivity contribution < 1.29 is 14.3 Å². The number of ether oxygens (including phenoxy) is 1. The van der Waals surface area contributed by atoms with Gasteiger partial charge in [-0.2, -0.15) is 0 Å². The molecule has 4 aromatic rings. The van der Waals surface area contributed by atoms with E-state index in [1.165, 1.54) is 5.56 Å². The van der Waals surface area contributed by atoms with Gasteiger partial charge >= 0.3 is 5.97 Å². The summed E-state index contributed by atoms with van der Waals surface area (Å²) in [5.74, 6) is -0.865. The van der Waals surface area contributed by atoms with Crippen LogP contribution >= 0.6 is 0 Å². The summed E-state index contributed by atoms with van der Waals surface area (Å²) in [4.78, 5) is 33.7. The minimum atomic E-state index is -0.958. The van der Waals surface area contributed by atoms with Crippen molar-refractivity contribution in [2.24, 2.45) is 0 Å². The average Bonchev–Trinajstić information content (AvgIpc) is 2.87. The number of anilines is 1. The predicted octanol–water partition coefficient (Wildman–Crippen LogP) is 5.59. The van der Waals surface area contributed by atoms with E-state index < -0.39 is 12.1 Å². The zero-order chi connectivity index (χ0) is 25.9. The monoisotopic (exact) mass is 493 g/mol. The zero-order valence-corrected chi connectivity index (χ0v) is 21.5. The van der Waals surface area contributed by atoms with Gasteiger partial charge in [0.1, 0.15) is 0 Å².